The first-order valence-electron chi connectivity index (χ1n) is 9.09. The fourth-order valence-corrected chi connectivity index (χ4v) is 4.09. The van der Waals surface area contributed by atoms with E-state index in [2.05, 4.69) is 56.5 Å². The molecule has 8 nitrogen and oxygen atoms in total. The monoisotopic (exact) mass is 388 g/mol. The molecule has 0 aromatic carbocycles. The summed E-state index contributed by atoms with van der Waals surface area (Å²) in [5.74, 6) is 0.721. The highest BCUT2D eigenvalue weighted by Crippen LogP contribution is 2.27. The Hall–Kier alpha value is -2.07. The Morgan fingerprint density at radius 1 is 1.33 bits per heavy atom. The lowest BCUT2D eigenvalue weighted by Gasteiger charge is -2.37. The van der Waals surface area contributed by atoms with Crippen molar-refractivity contribution in [2.45, 2.75) is 38.8 Å². The predicted molar refractivity (Wildman–Crippen MR) is 105 cm³/mol. The Morgan fingerprint density at radius 2 is 2.22 bits per heavy atom. The van der Waals surface area contributed by atoms with Crippen molar-refractivity contribution in [2.75, 3.05) is 25.0 Å². The number of hydrogen-bond acceptors (Lipinski definition) is 8. The molecule has 0 spiro atoms. The van der Waals surface area contributed by atoms with Crippen LogP contribution in [0.5, 0.6) is 0 Å². The van der Waals surface area contributed by atoms with Crippen molar-refractivity contribution in [2.24, 2.45) is 0 Å². The van der Waals surface area contributed by atoms with Gasteiger partial charge in [0.15, 0.2) is 17.0 Å². The van der Waals surface area contributed by atoms with E-state index in [0.717, 1.165) is 23.5 Å². The molecular weight excluding hydrogens is 364 g/mol. The predicted octanol–water partition coefficient (Wildman–Crippen LogP) is 2.10. The second kappa shape index (κ2) is 7.89. The molecular formula is C18H24N6O2S. The molecule has 1 aliphatic rings. The van der Waals surface area contributed by atoms with Gasteiger partial charge < -0.3 is 15.2 Å². The normalized spacial score (nSPS) is 21.2. The van der Waals surface area contributed by atoms with Crippen molar-refractivity contribution >= 4 is 28.3 Å². The molecule has 3 aromatic rings. The van der Waals surface area contributed by atoms with Gasteiger partial charge >= 0.3 is 0 Å². The average molecular weight is 388 g/mol. The van der Waals surface area contributed by atoms with Crippen LogP contribution >= 0.6 is 11.3 Å². The van der Waals surface area contributed by atoms with Gasteiger partial charge in [0.2, 0.25) is 0 Å². The number of imidazole rings is 1. The highest BCUT2D eigenvalue weighted by Gasteiger charge is 2.30. The van der Waals surface area contributed by atoms with E-state index in [1.54, 1.807) is 24.0 Å². The van der Waals surface area contributed by atoms with Crippen molar-refractivity contribution in [3.05, 3.63) is 35.0 Å². The SMILES string of the molecule is CC(C)Nc1ncnc2c1ncn2[C@H]1CN(Cc2cccs2)C[C@@H](CO)O1. The molecule has 3 aromatic heterocycles. The summed E-state index contributed by atoms with van der Waals surface area (Å²) in [6.45, 7) is 6.35. The number of hydrogen-bond donors (Lipinski definition) is 2. The minimum absolute atomic E-state index is 0.0147. The van der Waals surface area contributed by atoms with Crippen LogP contribution in [0.1, 0.15) is 25.0 Å². The zero-order chi connectivity index (χ0) is 18.8. The maximum atomic E-state index is 9.70. The Kier molecular flexibility index (Phi) is 5.35. The Balaban J connectivity index is 1.61. The van der Waals surface area contributed by atoms with Gasteiger partial charge in [-0.25, -0.2) is 15.0 Å². The van der Waals surface area contributed by atoms with Crippen LogP contribution in [0.25, 0.3) is 11.2 Å². The summed E-state index contributed by atoms with van der Waals surface area (Å²) in [7, 11) is 0. The standard InChI is InChI=1S/C18H24N6O2S/c1-12(2)22-17-16-18(20-10-19-17)24(11-21-16)15-8-23(6-13(9-25)26-15)7-14-4-3-5-27-14/h3-5,10-13,15,25H,6-9H2,1-2H3,(H,19,20,22)/t13-,15+/m0/s1. The van der Waals surface area contributed by atoms with Gasteiger partial charge in [-0.05, 0) is 25.3 Å². The molecule has 4 rings (SSSR count). The molecule has 0 aliphatic carbocycles. The molecule has 27 heavy (non-hydrogen) atoms. The van der Waals surface area contributed by atoms with Crippen LogP contribution in [0.4, 0.5) is 5.82 Å². The van der Waals surface area contributed by atoms with Crippen molar-refractivity contribution in [1.29, 1.82) is 0 Å². The van der Waals surface area contributed by atoms with Gasteiger partial charge in [0, 0.05) is 30.6 Å². The van der Waals surface area contributed by atoms with E-state index in [4.69, 9.17) is 4.74 Å². The highest BCUT2D eigenvalue weighted by molar-refractivity contribution is 7.09. The van der Waals surface area contributed by atoms with Crippen molar-refractivity contribution < 1.29 is 9.84 Å². The second-order valence-corrected chi connectivity index (χ2v) is 8.05. The largest absolute Gasteiger partial charge is 0.394 e. The molecule has 0 saturated carbocycles. The summed E-state index contributed by atoms with van der Waals surface area (Å²) in [5, 5.41) is 15.1. The molecule has 0 amide bonds. The number of aliphatic hydroxyl groups excluding tert-OH is 1. The average Bonchev–Trinajstić information content (AvgIpc) is 3.31. The summed E-state index contributed by atoms with van der Waals surface area (Å²) in [5.41, 5.74) is 1.46. The molecule has 0 unspecified atom stereocenters. The van der Waals surface area contributed by atoms with Crippen LogP contribution in [0.15, 0.2) is 30.2 Å². The van der Waals surface area contributed by atoms with Gasteiger partial charge in [-0.3, -0.25) is 9.47 Å². The zero-order valence-corrected chi connectivity index (χ0v) is 16.3. The summed E-state index contributed by atoms with van der Waals surface area (Å²) in [4.78, 5) is 16.9. The topological polar surface area (TPSA) is 88.3 Å². The van der Waals surface area contributed by atoms with E-state index < -0.39 is 0 Å². The number of aliphatic hydroxyl groups is 1. The molecule has 2 atom stereocenters. The Labute approximate surface area is 161 Å². The number of anilines is 1. The van der Waals surface area contributed by atoms with Crippen LogP contribution in [-0.2, 0) is 11.3 Å². The molecule has 2 N–H and O–H groups in total. The maximum Gasteiger partial charge on any atom is 0.167 e. The summed E-state index contributed by atoms with van der Waals surface area (Å²) in [6, 6.07) is 4.44. The van der Waals surface area contributed by atoms with E-state index in [1.807, 2.05) is 4.57 Å². The van der Waals surface area contributed by atoms with E-state index in [1.165, 1.54) is 4.88 Å². The number of aromatic nitrogens is 4. The number of ether oxygens (including phenoxy) is 1. The second-order valence-electron chi connectivity index (χ2n) is 7.01. The smallest absolute Gasteiger partial charge is 0.167 e. The van der Waals surface area contributed by atoms with Crippen LogP contribution in [0, 0.1) is 0 Å². The Bertz CT molecular complexity index is 881. The third-order valence-corrected chi connectivity index (χ3v) is 5.34. The number of nitrogens with one attached hydrogen (secondary N) is 1. The summed E-state index contributed by atoms with van der Waals surface area (Å²) >= 11 is 1.74. The highest BCUT2D eigenvalue weighted by atomic mass is 32.1. The van der Waals surface area contributed by atoms with Gasteiger partial charge in [-0.15, -0.1) is 11.3 Å². The Morgan fingerprint density at radius 3 is 2.96 bits per heavy atom. The number of morpholine rings is 1. The molecule has 4 heterocycles. The molecule has 144 valence electrons. The van der Waals surface area contributed by atoms with Gasteiger partial charge in [-0.2, -0.15) is 0 Å². The lowest BCUT2D eigenvalue weighted by molar-refractivity contribution is -0.135. The first kappa shape index (κ1) is 18.3. The van der Waals surface area contributed by atoms with Gasteiger partial charge in [-0.1, -0.05) is 6.07 Å². The zero-order valence-electron chi connectivity index (χ0n) is 15.4. The first-order chi connectivity index (χ1) is 13.1. The lowest BCUT2D eigenvalue weighted by Crippen LogP contribution is -2.46. The van der Waals surface area contributed by atoms with Crippen LogP contribution in [-0.4, -0.2) is 61.4 Å². The van der Waals surface area contributed by atoms with E-state index in [9.17, 15) is 5.11 Å². The maximum absolute atomic E-state index is 9.70. The molecule has 0 bridgehead atoms. The van der Waals surface area contributed by atoms with Gasteiger partial charge in [0.05, 0.1) is 19.0 Å². The first-order valence-corrected chi connectivity index (χ1v) is 9.97. The lowest BCUT2D eigenvalue weighted by atomic mass is 10.2. The number of rotatable bonds is 6. The number of fused-ring (bicyclic) bond motifs is 1. The summed E-state index contributed by atoms with van der Waals surface area (Å²) in [6.07, 6.45) is 2.79. The number of thiophene rings is 1. The fraction of sp³-hybridized carbons (Fsp3) is 0.500. The van der Waals surface area contributed by atoms with Crippen molar-refractivity contribution in [3.63, 3.8) is 0 Å². The summed E-state index contributed by atoms with van der Waals surface area (Å²) < 4.78 is 8.05. The number of nitrogens with zero attached hydrogens (tertiary/aromatic N) is 5. The molecule has 9 heteroatoms. The van der Waals surface area contributed by atoms with Gasteiger partial charge in [0.1, 0.15) is 12.6 Å². The van der Waals surface area contributed by atoms with E-state index >= 15 is 0 Å². The van der Waals surface area contributed by atoms with Crippen molar-refractivity contribution in [3.8, 4) is 0 Å². The molecule has 0 radical (unpaired) electrons. The van der Waals surface area contributed by atoms with Gasteiger partial charge in [0.25, 0.3) is 0 Å². The minimum Gasteiger partial charge on any atom is -0.394 e. The van der Waals surface area contributed by atoms with E-state index in [-0.39, 0.29) is 25.0 Å². The van der Waals surface area contributed by atoms with Crippen molar-refractivity contribution in [1.82, 2.24) is 24.4 Å². The fourth-order valence-electron chi connectivity index (χ4n) is 3.34. The molecule has 1 fully saturated rings. The van der Waals surface area contributed by atoms with Crippen LogP contribution in [0.3, 0.4) is 0 Å². The van der Waals surface area contributed by atoms with E-state index in [0.29, 0.717) is 13.1 Å². The quantitative estimate of drug-likeness (QED) is 0.668. The molecule has 1 aliphatic heterocycles. The third kappa shape index (κ3) is 3.96. The minimum atomic E-state index is -0.261. The van der Waals surface area contributed by atoms with Crippen LogP contribution in [0.2, 0.25) is 0 Å². The third-order valence-electron chi connectivity index (χ3n) is 4.48. The molecule has 1 saturated heterocycles. The van der Waals surface area contributed by atoms with Crippen LogP contribution < -0.4 is 5.32 Å².